The fourth-order valence-corrected chi connectivity index (χ4v) is 4.03. The molecule has 0 aromatic heterocycles. The van der Waals surface area contributed by atoms with Gasteiger partial charge in [0.1, 0.15) is 0 Å². The third-order valence-corrected chi connectivity index (χ3v) is 5.01. The number of benzene rings is 1. The summed E-state index contributed by atoms with van der Waals surface area (Å²) in [5.41, 5.74) is 2.17. The van der Waals surface area contributed by atoms with E-state index in [4.69, 9.17) is 11.6 Å². The van der Waals surface area contributed by atoms with Crippen LogP contribution in [0, 0.1) is 5.92 Å². The first-order valence-corrected chi connectivity index (χ1v) is 7.83. The minimum atomic E-state index is 0.0976. The lowest BCUT2D eigenvalue weighted by atomic mass is 9.78. The maximum atomic E-state index is 9.57. The van der Waals surface area contributed by atoms with Crippen LogP contribution in [0.25, 0.3) is 0 Å². The molecule has 0 radical (unpaired) electrons. The third-order valence-electron chi connectivity index (χ3n) is 4.77. The Morgan fingerprint density at radius 3 is 2.79 bits per heavy atom. The van der Waals surface area contributed by atoms with Gasteiger partial charge in [0.05, 0.1) is 6.61 Å². The third kappa shape index (κ3) is 2.61. The number of nitrogens with zero attached hydrogens (tertiary/aromatic N) is 1. The SMILES string of the molecule is OCc1ccc(Cl)cc1N1CCC[C@H]2CCCC[C@H]21. The van der Waals surface area contributed by atoms with Crippen LogP contribution >= 0.6 is 11.6 Å². The van der Waals surface area contributed by atoms with Gasteiger partial charge in [-0.1, -0.05) is 30.5 Å². The Bertz CT molecular complexity index is 446. The molecule has 1 heterocycles. The Morgan fingerprint density at radius 2 is 1.95 bits per heavy atom. The van der Waals surface area contributed by atoms with Crippen LogP contribution < -0.4 is 4.90 Å². The monoisotopic (exact) mass is 279 g/mol. The van der Waals surface area contributed by atoms with Gasteiger partial charge in [-0.25, -0.2) is 0 Å². The zero-order valence-corrected chi connectivity index (χ0v) is 12.1. The average Bonchev–Trinajstić information content (AvgIpc) is 2.46. The molecule has 1 saturated heterocycles. The van der Waals surface area contributed by atoms with Gasteiger partial charge in [0.25, 0.3) is 0 Å². The van der Waals surface area contributed by atoms with Gasteiger partial charge in [0.15, 0.2) is 0 Å². The quantitative estimate of drug-likeness (QED) is 0.885. The first kappa shape index (κ1) is 13.3. The lowest BCUT2D eigenvalue weighted by Crippen LogP contribution is -2.47. The van der Waals surface area contributed by atoms with Gasteiger partial charge >= 0.3 is 0 Å². The standard InChI is InChI=1S/C16H22ClNO/c17-14-8-7-13(11-19)16(10-14)18-9-3-5-12-4-1-2-6-15(12)18/h7-8,10,12,15,19H,1-6,9,11H2/t12-,15-/m1/s1. The summed E-state index contributed by atoms with van der Waals surface area (Å²) in [6.07, 6.45) is 8.02. The molecule has 0 unspecified atom stereocenters. The lowest BCUT2D eigenvalue weighted by molar-refractivity contribution is 0.241. The van der Waals surface area contributed by atoms with E-state index < -0.39 is 0 Å². The van der Waals surface area contributed by atoms with Gasteiger partial charge in [-0.05, 0) is 43.7 Å². The van der Waals surface area contributed by atoms with Crippen LogP contribution in [0.4, 0.5) is 5.69 Å². The maximum Gasteiger partial charge on any atom is 0.0702 e. The van der Waals surface area contributed by atoms with Gasteiger partial charge in [0, 0.05) is 28.9 Å². The summed E-state index contributed by atoms with van der Waals surface area (Å²) < 4.78 is 0. The van der Waals surface area contributed by atoms with Crippen molar-refractivity contribution in [2.75, 3.05) is 11.4 Å². The molecule has 0 bridgehead atoms. The average molecular weight is 280 g/mol. The highest BCUT2D eigenvalue weighted by atomic mass is 35.5. The van der Waals surface area contributed by atoms with Crippen molar-refractivity contribution in [3.8, 4) is 0 Å². The first-order chi connectivity index (χ1) is 9.29. The Kier molecular flexibility index (Phi) is 3.99. The summed E-state index contributed by atoms with van der Waals surface area (Å²) in [5.74, 6) is 0.841. The number of anilines is 1. The van der Waals surface area contributed by atoms with Gasteiger partial charge in [-0.3, -0.25) is 0 Å². The Balaban J connectivity index is 1.93. The van der Waals surface area contributed by atoms with E-state index in [-0.39, 0.29) is 6.61 Å². The predicted octanol–water partition coefficient (Wildman–Crippen LogP) is 3.99. The summed E-state index contributed by atoms with van der Waals surface area (Å²) in [6.45, 7) is 1.20. The highest BCUT2D eigenvalue weighted by Crippen LogP contribution is 2.39. The van der Waals surface area contributed by atoms with Crippen molar-refractivity contribution in [2.24, 2.45) is 5.92 Å². The molecule has 2 aliphatic rings. The normalized spacial score (nSPS) is 27.2. The molecule has 19 heavy (non-hydrogen) atoms. The highest BCUT2D eigenvalue weighted by molar-refractivity contribution is 6.30. The molecule has 0 spiro atoms. The summed E-state index contributed by atoms with van der Waals surface area (Å²) in [6, 6.07) is 6.53. The van der Waals surface area contributed by atoms with Crippen LogP contribution in [-0.2, 0) is 6.61 Å². The van der Waals surface area contributed by atoms with Crippen molar-refractivity contribution in [1.29, 1.82) is 0 Å². The molecule has 1 aliphatic heterocycles. The van der Waals surface area contributed by atoms with E-state index >= 15 is 0 Å². The van der Waals surface area contributed by atoms with Crippen molar-refractivity contribution >= 4 is 17.3 Å². The predicted molar refractivity (Wildman–Crippen MR) is 79.7 cm³/mol. The minimum Gasteiger partial charge on any atom is -0.392 e. The molecular formula is C16H22ClNO. The molecule has 3 rings (SSSR count). The van der Waals surface area contributed by atoms with Crippen molar-refractivity contribution < 1.29 is 5.11 Å². The fraction of sp³-hybridized carbons (Fsp3) is 0.625. The van der Waals surface area contributed by atoms with Crippen molar-refractivity contribution in [3.05, 3.63) is 28.8 Å². The number of rotatable bonds is 2. The largest absolute Gasteiger partial charge is 0.392 e. The zero-order valence-electron chi connectivity index (χ0n) is 11.3. The molecule has 1 aliphatic carbocycles. The van der Waals surface area contributed by atoms with E-state index in [1.807, 2.05) is 18.2 Å². The van der Waals surface area contributed by atoms with Crippen LogP contribution in [0.1, 0.15) is 44.1 Å². The molecule has 1 N–H and O–H groups in total. The van der Waals surface area contributed by atoms with Gasteiger partial charge < -0.3 is 10.0 Å². The molecule has 104 valence electrons. The Hall–Kier alpha value is -0.730. The molecule has 0 amide bonds. The van der Waals surface area contributed by atoms with Crippen LogP contribution in [0.15, 0.2) is 18.2 Å². The fourth-order valence-electron chi connectivity index (χ4n) is 3.86. The number of piperidine rings is 1. The van der Waals surface area contributed by atoms with E-state index in [1.165, 1.54) is 38.5 Å². The van der Waals surface area contributed by atoms with Crippen LogP contribution in [0.5, 0.6) is 0 Å². The summed E-state index contributed by atoms with van der Waals surface area (Å²) in [7, 11) is 0. The van der Waals surface area contributed by atoms with E-state index in [2.05, 4.69) is 4.90 Å². The summed E-state index contributed by atoms with van der Waals surface area (Å²) in [4.78, 5) is 2.52. The number of hydrogen-bond donors (Lipinski definition) is 1. The molecule has 3 heteroatoms. The second-order valence-electron chi connectivity index (χ2n) is 5.88. The topological polar surface area (TPSA) is 23.5 Å². The minimum absolute atomic E-state index is 0.0976. The van der Waals surface area contributed by atoms with E-state index in [0.717, 1.165) is 28.7 Å². The van der Waals surface area contributed by atoms with E-state index in [1.54, 1.807) is 0 Å². The van der Waals surface area contributed by atoms with Crippen LogP contribution in [-0.4, -0.2) is 17.7 Å². The Morgan fingerprint density at radius 1 is 1.16 bits per heavy atom. The van der Waals surface area contributed by atoms with Crippen molar-refractivity contribution in [1.82, 2.24) is 0 Å². The van der Waals surface area contributed by atoms with Crippen LogP contribution in [0.2, 0.25) is 5.02 Å². The van der Waals surface area contributed by atoms with Gasteiger partial charge in [0.2, 0.25) is 0 Å². The Labute approximate surface area is 120 Å². The number of aliphatic hydroxyl groups is 1. The molecule has 2 fully saturated rings. The lowest BCUT2D eigenvalue weighted by Gasteiger charge is -2.46. The molecule has 2 atom stereocenters. The second-order valence-corrected chi connectivity index (χ2v) is 6.32. The van der Waals surface area contributed by atoms with Crippen LogP contribution in [0.3, 0.4) is 0 Å². The molecule has 1 aromatic rings. The smallest absolute Gasteiger partial charge is 0.0702 e. The molecule has 1 saturated carbocycles. The van der Waals surface area contributed by atoms with Gasteiger partial charge in [-0.15, -0.1) is 0 Å². The van der Waals surface area contributed by atoms with Crippen molar-refractivity contribution in [2.45, 2.75) is 51.2 Å². The number of halogens is 1. The number of fused-ring (bicyclic) bond motifs is 1. The first-order valence-electron chi connectivity index (χ1n) is 7.45. The van der Waals surface area contributed by atoms with E-state index in [0.29, 0.717) is 6.04 Å². The number of aliphatic hydroxyl groups excluding tert-OH is 1. The maximum absolute atomic E-state index is 9.57. The summed E-state index contributed by atoms with van der Waals surface area (Å²) in [5, 5.41) is 10.3. The molecule has 2 nitrogen and oxygen atoms in total. The highest BCUT2D eigenvalue weighted by Gasteiger charge is 2.33. The van der Waals surface area contributed by atoms with Crippen molar-refractivity contribution in [3.63, 3.8) is 0 Å². The van der Waals surface area contributed by atoms with E-state index in [9.17, 15) is 5.11 Å². The molecular weight excluding hydrogens is 258 g/mol. The zero-order chi connectivity index (χ0) is 13.2. The second kappa shape index (κ2) is 5.72. The summed E-state index contributed by atoms with van der Waals surface area (Å²) >= 11 is 6.16. The molecule has 1 aromatic carbocycles. The number of hydrogen-bond acceptors (Lipinski definition) is 2. The van der Waals surface area contributed by atoms with Gasteiger partial charge in [-0.2, -0.15) is 0 Å².